The summed E-state index contributed by atoms with van der Waals surface area (Å²) in [4.78, 5) is 16.6. The highest BCUT2D eigenvalue weighted by Crippen LogP contribution is 2.32. The number of halogens is 4. The van der Waals surface area contributed by atoms with Crippen LogP contribution in [0.2, 0.25) is 0 Å². The highest BCUT2D eigenvalue weighted by Gasteiger charge is 2.24. The van der Waals surface area contributed by atoms with Crippen LogP contribution in [0.1, 0.15) is 28.8 Å². The van der Waals surface area contributed by atoms with Crippen LogP contribution in [0.5, 0.6) is 0 Å². The molecule has 1 heterocycles. The van der Waals surface area contributed by atoms with E-state index in [2.05, 4.69) is 10.3 Å². The first kappa shape index (κ1) is 21.4. The standard InChI is InChI=1S/C22H19F4N3O/c23-15-5-3-6-16(24)19(15)20-17(25)8-7-14(21(20)26)22(30)29-18-12-28-11-9-13(18)4-1-2-10-27/h3,5-9,11-12H,1-2,4,10,27H2,(H,29,30). The van der Waals surface area contributed by atoms with Crippen molar-refractivity contribution in [3.05, 3.63) is 83.2 Å². The molecule has 4 nitrogen and oxygen atoms in total. The van der Waals surface area contributed by atoms with Crippen LogP contribution in [-0.4, -0.2) is 17.4 Å². The molecule has 0 aliphatic rings. The number of hydrogen-bond donors (Lipinski definition) is 2. The number of benzene rings is 2. The quantitative estimate of drug-likeness (QED) is 0.427. The van der Waals surface area contributed by atoms with Crippen molar-refractivity contribution in [2.75, 3.05) is 11.9 Å². The molecule has 0 radical (unpaired) electrons. The van der Waals surface area contributed by atoms with Crippen LogP contribution in [0, 0.1) is 23.3 Å². The summed E-state index contributed by atoms with van der Waals surface area (Å²) in [6, 6.07) is 6.28. The largest absolute Gasteiger partial charge is 0.330 e. The molecule has 2 aromatic carbocycles. The van der Waals surface area contributed by atoms with Gasteiger partial charge in [0.25, 0.3) is 5.91 Å². The van der Waals surface area contributed by atoms with Crippen molar-refractivity contribution in [2.45, 2.75) is 19.3 Å². The SMILES string of the molecule is NCCCCc1ccncc1NC(=O)c1ccc(F)c(-c2c(F)cccc2F)c1F. The lowest BCUT2D eigenvalue weighted by Gasteiger charge is -2.13. The number of anilines is 1. The van der Waals surface area contributed by atoms with Gasteiger partial charge in [-0.1, -0.05) is 6.07 Å². The number of aryl methyl sites for hydroxylation is 1. The van der Waals surface area contributed by atoms with Crippen LogP contribution in [0.4, 0.5) is 23.2 Å². The van der Waals surface area contributed by atoms with Crippen molar-refractivity contribution in [3.63, 3.8) is 0 Å². The lowest BCUT2D eigenvalue weighted by atomic mass is 9.99. The molecule has 3 N–H and O–H groups in total. The van der Waals surface area contributed by atoms with Gasteiger partial charge in [-0.25, -0.2) is 17.6 Å². The average Bonchev–Trinajstić information content (AvgIpc) is 2.71. The Morgan fingerprint density at radius 3 is 2.33 bits per heavy atom. The molecule has 30 heavy (non-hydrogen) atoms. The summed E-state index contributed by atoms with van der Waals surface area (Å²) in [6.07, 6.45) is 5.16. The summed E-state index contributed by atoms with van der Waals surface area (Å²) in [5.41, 5.74) is 4.27. The second-order valence-electron chi connectivity index (χ2n) is 6.61. The maximum absolute atomic E-state index is 15.0. The van der Waals surface area contributed by atoms with Crippen molar-refractivity contribution in [1.29, 1.82) is 0 Å². The Balaban J connectivity index is 1.96. The molecule has 8 heteroatoms. The summed E-state index contributed by atoms with van der Waals surface area (Å²) >= 11 is 0. The van der Waals surface area contributed by atoms with E-state index >= 15 is 4.39 Å². The molecule has 3 aromatic rings. The monoisotopic (exact) mass is 417 g/mol. The van der Waals surface area contributed by atoms with Gasteiger partial charge in [0.2, 0.25) is 0 Å². The zero-order valence-electron chi connectivity index (χ0n) is 15.9. The van der Waals surface area contributed by atoms with E-state index in [1.165, 1.54) is 6.20 Å². The summed E-state index contributed by atoms with van der Waals surface area (Å²) in [7, 11) is 0. The topological polar surface area (TPSA) is 68.0 Å². The molecule has 0 aliphatic heterocycles. The minimum absolute atomic E-state index is 0.363. The molecule has 0 atom stereocenters. The van der Waals surface area contributed by atoms with Crippen LogP contribution in [0.3, 0.4) is 0 Å². The lowest BCUT2D eigenvalue weighted by molar-refractivity contribution is 0.102. The fourth-order valence-corrected chi connectivity index (χ4v) is 3.10. The number of nitrogens with two attached hydrogens (primary N) is 1. The third kappa shape index (κ3) is 4.49. The Kier molecular flexibility index (Phi) is 6.79. The van der Waals surface area contributed by atoms with Crippen molar-refractivity contribution in [1.82, 2.24) is 4.98 Å². The van der Waals surface area contributed by atoms with Crippen LogP contribution in [0.15, 0.2) is 48.8 Å². The molecule has 0 bridgehead atoms. The number of hydrogen-bond acceptors (Lipinski definition) is 3. The molecule has 3 rings (SSSR count). The van der Waals surface area contributed by atoms with Gasteiger partial charge in [0.1, 0.15) is 23.3 Å². The van der Waals surface area contributed by atoms with Gasteiger partial charge in [0, 0.05) is 6.20 Å². The number of pyridine rings is 1. The molecule has 156 valence electrons. The number of nitrogens with zero attached hydrogens (tertiary/aromatic N) is 1. The summed E-state index contributed by atoms with van der Waals surface area (Å²) in [6.45, 7) is 0.531. The number of unbranched alkanes of at least 4 members (excludes halogenated alkanes) is 1. The summed E-state index contributed by atoms with van der Waals surface area (Å²) in [5.74, 6) is -5.71. The van der Waals surface area contributed by atoms with Gasteiger partial charge in [-0.3, -0.25) is 9.78 Å². The van der Waals surface area contributed by atoms with Crippen molar-refractivity contribution >= 4 is 11.6 Å². The molecule has 0 saturated carbocycles. The van der Waals surface area contributed by atoms with E-state index in [1.807, 2.05) is 0 Å². The van der Waals surface area contributed by atoms with Gasteiger partial charge >= 0.3 is 0 Å². The van der Waals surface area contributed by atoms with E-state index in [4.69, 9.17) is 5.73 Å². The van der Waals surface area contributed by atoms with Crippen LogP contribution in [-0.2, 0) is 6.42 Å². The molecular formula is C22H19F4N3O. The number of amides is 1. The molecular weight excluding hydrogens is 398 g/mol. The smallest absolute Gasteiger partial charge is 0.258 e. The van der Waals surface area contributed by atoms with E-state index in [1.54, 1.807) is 12.3 Å². The van der Waals surface area contributed by atoms with Gasteiger partial charge in [0.15, 0.2) is 0 Å². The van der Waals surface area contributed by atoms with Crippen LogP contribution < -0.4 is 11.1 Å². The molecule has 0 unspecified atom stereocenters. The Morgan fingerprint density at radius 2 is 1.63 bits per heavy atom. The molecule has 0 saturated heterocycles. The highest BCUT2D eigenvalue weighted by molar-refractivity contribution is 6.05. The molecule has 0 fully saturated rings. The fraction of sp³-hybridized carbons (Fsp3) is 0.182. The average molecular weight is 417 g/mol. The molecule has 1 aromatic heterocycles. The Hall–Kier alpha value is -3.26. The third-order valence-corrected chi connectivity index (χ3v) is 4.61. The van der Waals surface area contributed by atoms with E-state index in [-0.39, 0.29) is 0 Å². The van der Waals surface area contributed by atoms with Gasteiger partial charge in [-0.2, -0.15) is 0 Å². The normalized spacial score (nSPS) is 10.8. The number of rotatable bonds is 7. The molecule has 0 spiro atoms. The van der Waals surface area contributed by atoms with Gasteiger partial charge in [-0.15, -0.1) is 0 Å². The lowest BCUT2D eigenvalue weighted by Crippen LogP contribution is -2.16. The van der Waals surface area contributed by atoms with Gasteiger partial charge in [0.05, 0.1) is 28.6 Å². The van der Waals surface area contributed by atoms with E-state index in [0.717, 1.165) is 48.7 Å². The van der Waals surface area contributed by atoms with Gasteiger partial charge in [-0.05, 0) is 61.7 Å². The second-order valence-corrected chi connectivity index (χ2v) is 6.61. The first-order chi connectivity index (χ1) is 14.4. The zero-order valence-corrected chi connectivity index (χ0v) is 15.9. The summed E-state index contributed by atoms with van der Waals surface area (Å²) < 4.78 is 57.5. The van der Waals surface area contributed by atoms with Crippen molar-refractivity contribution in [2.24, 2.45) is 5.73 Å². The first-order valence-electron chi connectivity index (χ1n) is 9.30. The van der Waals surface area contributed by atoms with Crippen LogP contribution in [0.25, 0.3) is 11.1 Å². The number of aromatic nitrogens is 1. The van der Waals surface area contributed by atoms with Crippen molar-refractivity contribution < 1.29 is 22.4 Å². The van der Waals surface area contributed by atoms with Crippen molar-refractivity contribution in [3.8, 4) is 11.1 Å². The fourth-order valence-electron chi connectivity index (χ4n) is 3.10. The predicted octanol–water partition coefficient (Wildman–Crippen LogP) is 4.84. The minimum Gasteiger partial charge on any atom is -0.330 e. The maximum atomic E-state index is 15.0. The Labute approximate surface area is 170 Å². The Morgan fingerprint density at radius 1 is 0.933 bits per heavy atom. The minimum atomic E-state index is -1.36. The maximum Gasteiger partial charge on any atom is 0.258 e. The predicted molar refractivity (Wildman–Crippen MR) is 106 cm³/mol. The zero-order chi connectivity index (χ0) is 21.7. The first-order valence-corrected chi connectivity index (χ1v) is 9.30. The number of nitrogens with one attached hydrogen (secondary N) is 1. The Bertz CT molecular complexity index is 1050. The second kappa shape index (κ2) is 9.49. The van der Waals surface area contributed by atoms with E-state index < -0.39 is 45.9 Å². The third-order valence-electron chi connectivity index (χ3n) is 4.61. The molecule has 1 amide bonds. The molecule has 0 aliphatic carbocycles. The van der Waals surface area contributed by atoms with E-state index in [9.17, 15) is 18.0 Å². The summed E-state index contributed by atoms with van der Waals surface area (Å²) in [5, 5.41) is 2.54. The van der Waals surface area contributed by atoms with Gasteiger partial charge < -0.3 is 11.1 Å². The van der Waals surface area contributed by atoms with Crippen LogP contribution >= 0.6 is 0 Å². The highest BCUT2D eigenvalue weighted by atomic mass is 19.1. The number of carbonyl (C=O) groups is 1. The van der Waals surface area contributed by atoms with E-state index in [0.29, 0.717) is 18.7 Å². The number of carbonyl (C=O) groups excluding carboxylic acids is 1.